The van der Waals surface area contributed by atoms with Gasteiger partial charge in [-0.2, -0.15) is 0 Å². The van der Waals surface area contributed by atoms with Crippen LogP contribution in [0.3, 0.4) is 0 Å². The number of nitrogens with zero attached hydrogens (tertiary/aromatic N) is 2. The molecule has 1 N–H and O–H groups in total. The SMILES string of the molecule is Cc1ccccc1N1CCN(CC(O)c2ccc3c(c2)OCC(C)(C)CO3)CC1. The molecule has 0 aromatic heterocycles. The van der Waals surface area contributed by atoms with Gasteiger partial charge >= 0.3 is 0 Å². The van der Waals surface area contributed by atoms with Gasteiger partial charge in [0.2, 0.25) is 0 Å². The number of hydrogen-bond donors (Lipinski definition) is 1. The summed E-state index contributed by atoms with van der Waals surface area (Å²) in [7, 11) is 0. The second-order valence-corrected chi connectivity index (χ2v) is 9.04. The standard InChI is InChI=1S/C24H32N2O3/c1-18-6-4-5-7-20(18)26-12-10-25(11-13-26)15-21(27)19-8-9-22-23(14-19)29-17-24(2,3)16-28-22/h4-9,14,21,27H,10-13,15-17H2,1-3H3. The molecule has 2 aromatic rings. The molecule has 156 valence electrons. The van der Waals surface area contributed by atoms with Gasteiger partial charge in [0.1, 0.15) is 0 Å². The summed E-state index contributed by atoms with van der Waals surface area (Å²) in [5.41, 5.74) is 3.50. The third kappa shape index (κ3) is 4.68. The van der Waals surface area contributed by atoms with Crippen LogP contribution in [0, 0.1) is 12.3 Å². The van der Waals surface area contributed by atoms with Crippen molar-refractivity contribution in [2.45, 2.75) is 26.9 Å². The molecule has 1 unspecified atom stereocenters. The van der Waals surface area contributed by atoms with E-state index in [0.717, 1.165) is 43.2 Å². The first-order chi connectivity index (χ1) is 13.9. The van der Waals surface area contributed by atoms with Crippen molar-refractivity contribution in [2.24, 2.45) is 5.41 Å². The summed E-state index contributed by atoms with van der Waals surface area (Å²) in [5.74, 6) is 1.50. The molecule has 0 saturated carbocycles. The van der Waals surface area contributed by atoms with E-state index in [0.29, 0.717) is 19.8 Å². The third-order valence-corrected chi connectivity index (χ3v) is 5.85. The van der Waals surface area contributed by atoms with Crippen LogP contribution < -0.4 is 14.4 Å². The Morgan fingerprint density at radius 1 is 0.966 bits per heavy atom. The zero-order chi connectivity index (χ0) is 20.4. The monoisotopic (exact) mass is 396 g/mol. The molecule has 2 aliphatic rings. The number of para-hydroxylation sites is 1. The molecule has 0 radical (unpaired) electrons. The summed E-state index contributed by atoms with van der Waals surface area (Å²) < 4.78 is 11.9. The van der Waals surface area contributed by atoms with Gasteiger partial charge in [-0.25, -0.2) is 0 Å². The molecule has 5 nitrogen and oxygen atoms in total. The minimum atomic E-state index is -0.537. The average Bonchev–Trinajstić information content (AvgIpc) is 2.87. The highest BCUT2D eigenvalue weighted by Crippen LogP contribution is 2.35. The van der Waals surface area contributed by atoms with Crippen LogP contribution in [-0.4, -0.2) is 55.9 Å². The van der Waals surface area contributed by atoms with Gasteiger partial charge in [0.15, 0.2) is 11.5 Å². The Kier molecular flexibility index (Phi) is 5.70. The third-order valence-electron chi connectivity index (χ3n) is 5.85. The average molecular weight is 397 g/mol. The van der Waals surface area contributed by atoms with Crippen LogP contribution in [0.4, 0.5) is 5.69 Å². The normalized spacial score (nSPS) is 20.2. The van der Waals surface area contributed by atoms with Crippen LogP contribution in [0.2, 0.25) is 0 Å². The van der Waals surface area contributed by atoms with Crippen LogP contribution >= 0.6 is 0 Å². The van der Waals surface area contributed by atoms with Crippen LogP contribution in [0.5, 0.6) is 11.5 Å². The number of aryl methyl sites for hydroxylation is 1. The second kappa shape index (κ2) is 8.25. The van der Waals surface area contributed by atoms with Gasteiger partial charge in [-0.05, 0) is 36.2 Å². The lowest BCUT2D eigenvalue weighted by molar-refractivity contribution is 0.109. The number of benzene rings is 2. The van der Waals surface area contributed by atoms with Gasteiger partial charge in [-0.15, -0.1) is 0 Å². The molecule has 0 bridgehead atoms. The van der Waals surface area contributed by atoms with Gasteiger partial charge < -0.3 is 19.5 Å². The van der Waals surface area contributed by atoms with E-state index in [9.17, 15) is 5.11 Å². The van der Waals surface area contributed by atoms with E-state index in [1.54, 1.807) is 0 Å². The molecule has 2 aromatic carbocycles. The summed E-state index contributed by atoms with van der Waals surface area (Å²) in [4.78, 5) is 4.78. The van der Waals surface area contributed by atoms with E-state index in [4.69, 9.17) is 9.47 Å². The van der Waals surface area contributed by atoms with Crippen LogP contribution in [0.25, 0.3) is 0 Å². The Morgan fingerprint density at radius 2 is 1.66 bits per heavy atom. The van der Waals surface area contributed by atoms with Crippen molar-refractivity contribution < 1.29 is 14.6 Å². The predicted molar refractivity (Wildman–Crippen MR) is 116 cm³/mol. The minimum absolute atomic E-state index is 0.0193. The van der Waals surface area contributed by atoms with Crippen molar-refractivity contribution >= 4 is 5.69 Å². The first kappa shape index (κ1) is 20.0. The number of hydrogen-bond acceptors (Lipinski definition) is 5. The Labute approximate surface area is 173 Å². The molecule has 2 heterocycles. The van der Waals surface area contributed by atoms with Crippen molar-refractivity contribution in [1.29, 1.82) is 0 Å². The van der Waals surface area contributed by atoms with Crippen molar-refractivity contribution in [3.8, 4) is 11.5 Å². The van der Waals surface area contributed by atoms with Crippen LogP contribution in [-0.2, 0) is 0 Å². The number of rotatable bonds is 4. The van der Waals surface area contributed by atoms with Crippen molar-refractivity contribution in [2.75, 3.05) is 50.8 Å². The van der Waals surface area contributed by atoms with Crippen molar-refractivity contribution in [1.82, 2.24) is 4.90 Å². The smallest absolute Gasteiger partial charge is 0.161 e. The van der Waals surface area contributed by atoms with E-state index >= 15 is 0 Å². The summed E-state index contributed by atoms with van der Waals surface area (Å²) in [6.45, 7) is 12.2. The molecule has 1 fully saturated rings. The number of ether oxygens (including phenoxy) is 2. The highest BCUT2D eigenvalue weighted by atomic mass is 16.5. The summed E-state index contributed by atoms with van der Waals surface area (Å²) in [5, 5.41) is 10.8. The van der Waals surface area contributed by atoms with Gasteiger partial charge in [0, 0.05) is 43.8 Å². The molecule has 0 aliphatic carbocycles. The van der Waals surface area contributed by atoms with Crippen molar-refractivity contribution in [3.63, 3.8) is 0 Å². The zero-order valence-electron chi connectivity index (χ0n) is 17.7. The quantitative estimate of drug-likeness (QED) is 0.855. The maximum Gasteiger partial charge on any atom is 0.161 e. The van der Waals surface area contributed by atoms with E-state index in [2.05, 4.69) is 54.8 Å². The molecule has 0 amide bonds. The fourth-order valence-corrected chi connectivity index (χ4v) is 3.99. The number of aliphatic hydroxyl groups excluding tert-OH is 1. The molecule has 2 aliphatic heterocycles. The fraction of sp³-hybridized carbons (Fsp3) is 0.500. The molecular formula is C24H32N2O3. The topological polar surface area (TPSA) is 45.2 Å². The van der Waals surface area contributed by atoms with E-state index in [1.807, 2.05) is 18.2 Å². The zero-order valence-corrected chi connectivity index (χ0v) is 17.7. The van der Waals surface area contributed by atoms with Gasteiger partial charge in [-0.3, -0.25) is 4.90 Å². The fourth-order valence-electron chi connectivity index (χ4n) is 3.99. The molecule has 4 rings (SSSR count). The van der Waals surface area contributed by atoms with Crippen LogP contribution in [0.15, 0.2) is 42.5 Å². The summed E-state index contributed by atoms with van der Waals surface area (Å²) in [6.07, 6.45) is -0.537. The predicted octanol–water partition coefficient (Wildman–Crippen LogP) is 3.65. The summed E-state index contributed by atoms with van der Waals surface area (Å²) in [6, 6.07) is 14.4. The largest absolute Gasteiger partial charge is 0.489 e. The molecule has 29 heavy (non-hydrogen) atoms. The maximum absolute atomic E-state index is 10.8. The Morgan fingerprint density at radius 3 is 2.38 bits per heavy atom. The lowest BCUT2D eigenvalue weighted by atomic mass is 9.97. The summed E-state index contributed by atoms with van der Waals surface area (Å²) >= 11 is 0. The number of aliphatic hydroxyl groups is 1. The number of β-amino-alcohol motifs (C(OH)–C–C–N with tert-alkyl or cyclic N) is 1. The van der Waals surface area contributed by atoms with Gasteiger partial charge in [0.25, 0.3) is 0 Å². The first-order valence-electron chi connectivity index (χ1n) is 10.5. The van der Waals surface area contributed by atoms with E-state index < -0.39 is 6.10 Å². The molecule has 0 spiro atoms. The number of fused-ring (bicyclic) bond motifs is 1. The molecule has 5 heteroatoms. The van der Waals surface area contributed by atoms with Gasteiger partial charge in [0.05, 0.1) is 19.3 Å². The lowest BCUT2D eigenvalue weighted by Gasteiger charge is -2.37. The van der Waals surface area contributed by atoms with Crippen LogP contribution in [0.1, 0.15) is 31.1 Å². The minimum Gasteiger partial charge on any atom is -0.489 e. The lowest BCUT2D eigenvalue weighted by Crippen LogP contribution is -2.47. The molecule has 1 atom stereocenters. The second-order valence-electron chi connectivity index (χ2n) is 9.04. The number of anilines is 1. The van der Waals surface area contributed by atoms with E-state index in [-0.39, 0.29) is 5.41 Å². The number of piperazine rings is 1. The Balaban J connectivity index is 1.35. The highest BCUT2D eigenvalue weighted by Gasteiger charge is 2.26. The Bertz CT molecular complexity index is 844. The Hall–Kier alpha value is -2.24. The highest BCUT2D eigenvalue weighted by molar-refractivity contribution is 5.53. The van der Waals surface area contributed by atoms with Gasteiger partial charge in [-0.1, -0.05) is 38.1 Å². The molecule has 1 saturated heterocycles. The first-order valence-corrected chi connectivity index (χ1v) is 10.5. The molecular weight excluding hydrogens is 364 g/mol. The maximum atomic E-state index is 10.8. The van der Waals surface area contributed by atoms with Crippen molar-refractivity contribution in [3.05, 3.63) is 53.6 Å². The van der Waals surface area contributed by atoms with E-state index in [1.165, 1.54) is 11.3 Å².